The summed E-state index contributed by atoms with van der Waals surface area (Å²) >= 11 is 0. The van der Waals surface area contributed by atoms with E-state index < -0.39 is 14.9 Å². The normalized spacial score (nSPS) is 11.2. The number of aryl methyl sites for hydroxylation is 1. The summed E-state index contributed by atoms with van der Waals surface area (Å²) in [5.74, 6) is 0.490. The van der Waals surface area contributed by atoms with Gasteiger partial charge in [0.1, 0.15) is 12.4 Å². The molecule has 0 bridgehead atoms. The summed E-state index contributed by atoms with van der Waals surface area (Å²) in [6.45, 7) is 4.16. The van der Waals surface area contributed by atoms with Gasteiger partial charge in [0.25, 0.3) is 15.7 Å². The number of anilines is 1. The van der Waals surface area contributed by atoms with Crippen molar-refractivity contribution in [1.29, 1.82) is 0 Å². The SMILES string of the molecule is Cc1cc([N+](=O)[O-])cc(S(=O)(=O)Nc2cccc(OCCn3cccn3)c2)c1C. The van der Waals surface area contributed by atoms with Gasteiger partial charge in [-0.1, -0.05) is 6.07 Å². The van der Waals surface area contributed by atoms with Crippen LogP contribution in [-0.4, -0.2) is 29.7 Å². The van der Waals surface area contributed by atoms with Crippen LogP contribution in [0.3, 0.4) is 0 Å². The molecule has 0 spiro atoms. The molecule has 0 amide bonds. The molecule has 0 saturated carbocycles. The van der Waals surface area contributed by atoms with Gasteiger partial charge < -0.3 is 4.74 Å². The molecule has 0 aliphatic rings. The van der Waals surface area contributed by atoms with Crippen molar-refractivity contribution < 1.29 is 18.1 Å². The Hall–Kier alpha value is -3.40. The highest BCUT2D eigenvalue weighted by Gasteiger charge is 2.22. The van der Waals surface area contributed by atoms with Crippen LogP contribution < -0.4 is 9.46 Å². The number of ether oxygens (including phenoxy) is 1. The molecule has 29 heavy (non-hydrogen) atoms. The van der Waals surface area contributed by atoms with E-state index in [-0.39, 0.29) is 10.6 Å². The quantitative estimate of drug-likeness (QED) is 0.445. The zero-order valence-corrected chi connectivity index (χ0v) is 16.7. The van der Waals surface area contributed by atoms with Gasteiger partial charge in [-0.05, 0) is 43.2 Å². The number of benzene rings is 2. The van der Waals surface area contributed by atoms with Crippen molar-refractivity contribution in [3.8, 4) is 5.75 Å². The van der Waals surface area contributed by atoms with E-state index in [2.05, 4.69) is 9.82 Å². The maximum Gasteiger partial charge on any atom is 0.271 e. The smallest absolute Gasteiger partial charge is 0.271 e. The minimum Gasteiger partial charge on any atom is -0.492 e. The Morgan fingerprint density at radius 1 is 1.21 bits per heavy atom. The molecule has 0 aliphatic heterocycles. The average molecular weight is 416 g/mol. The summed E-state index contributed by atoms with van der Waals surface area (Å²) in [6, 6.07) is 10.7. The number of nitrogens with zero attached hydrogens (tertiary/aromatic N) is 3. The van der Waals surface area contributed by atoms with Gasteiger partial charge in [0, 0.05) is 30.6 Å². The molecule has 0 unspecified atom stereocenters. The predicted molar refractivity (Wildman–Crippen MR) is 108 cm³/mol. The van der Waals surface area contributed by atoms with Gasteiger partial charge in [-0.3, -0.25) is 19.5 Å². The molecule has 0 radical (unpaired) electrons. The molecular formula is C19H20N4O5S. The summed E-state index contributed by atoms with van der Waals surface area (Å²) in [5, 5.41) is 15.2. The highest BCUT2D eigenvalue weighted by molar-refractivity contribution is 7.92. The third-order valence-electron chi connectivity index (χ3n) is 4.34. The molecule has 1 aromatic heterocycles. The van der Waals surface area contributed by atoms with Crippen LogP contribution in [0.1, 0.15) is 11.1 Å². The fourth-order valence-corrected chi connectivity index (χ4v) is 4.13. The van der Waals surface area contributed by atoms with E-state index in [0.717, 1.165) is 6.07 Å². The number of hydrogen-bond acceptors (Lipinski definition) is 6. The van der Waals surface area contributed by atoms with Crippen LogP contribution in [0.4, 0.5) is 11.4 Å². The Kier molecular flexibility index (Phi) is 5.83. The summed E-state index contributed by atoms with van der Waals surface area (Å²) in [4.78, 5) is 10.4. The second kappa shape index (κ2) is 8.31. The first-order valence-corrected chi connectivity index (χ1v) is 10.2. The average Bonchev–Trinajstić information content (AvgIpc) is 3.17. The van der Waals surface area contributed by atoms with Gasteiger partial charge >= 0.3 is 0 Å². The fourth-order valence-electron chi connectivity index (χ4n) is 2.74. The van der Waals surface area contributed by atoms with E-state index in [9.17, 15) is 18.5 Å². The van der Waals surface area contributed by atoms with E-state index in [4.69, 9.17) is 4.74 Å². The molecule has 0 saturated heterocycles. The van der Waals surface area contributed by atoms with E-state index >= 15 is 0 Å². The van der Waals surface area contributed by atoms with Crippen molar-refractivity contribution in [2.24, 2.45) is 0 Å². The van der Waals surface area contributed by atoms with Gasteiger partial charge in [0.15, 0.2) is 0 Å². The topological polar surface area (TPSA) is 116 Å². The number of nitro groups is 1. The van der Waals surface area contributed by atoms with Crippen molar-refractivity contribution in [3.05, 3.63) is 76.1 Å². The first-order valence-electron chi connectivity index (χ1n) is 8.75. The zero-order valence-electron chi connectivity index (χ0n) is 15.9. The molecule has 0 fully saturated rings. The second-order valence-corrected chi connectivity index (χ2v) is 8.04. The largest absolute Gasteiger partial charge is 0.492 e. The van der Waals surface area contributed by atoms with E-state index in [1.54, 1.807) is 49.0 Å². The lowest BCUT2D eigenvalue weighted by atomic mass is 10.1. The summed E-state index contributed by atoms with van der Waals surface area (Å²) in [5.41, 5.74) is 0.999. The molecule has 10 heteroatoms. The molecular weight excluding hydrogens is 396 g/mol. The third-order valence-corrected chi connectivity index (χ3v) is 5.85. The highest BCUT2D eigenvalue weighted by Crippen LogP contribution is 2.28. The maximum atomic E-state index is 12.8. The first kappa shape index (κ1) is 20.3. The Balaban J connectivity index is 1.78. The minimum absolute atomic E-state index is 0.130. The van der Waals surface area contributed by atoms with Crippen LogP contribution in [0.15, 0.2) is 59.8 Å². The maximum absolute atomic E-state index is 12.8. The lowest BCUT2D eigenvalue weighted by Gasteiger charge is -2.13. The first-order chi connectivity index (χ1) is 13.8. The summed E-state index contributed by atoms with van der Waals surface area (Å²) in [7, 11) is -4.02. The number of nitro benzene ring substituents is 1. The van der Waals surface area contributed by atoms with Crippen LogP contribution in [-0.2, 0) is 16.6 Å². The lowest BCUT2D eigenvalue weighted by Crippen LogP contribution is -2.15. The molecule has 9 nitrogen and oxygen atoms in total. The van der Waals surface area contributed by atoms with Crippen molar-refractivity contribution in [3.63, 3.8) is 0 Å². The molecule has 1 N–H and O–H groups in total. The van der Waals surface area contributed by atoms with Gasteiger partial charge in [0.2, 0.25) is 0 Å². The van der Waals surface area contributed by atoms with Gasteiger partial charge in [-0.15, -0.1) is 0 Å². The highest BCUT2D eigenvalue weighted by atomic mass is 32.2. The number of hydrogen-bond donors (Lipinski definition) is 1. The third kappa shape index (κ3) is 4.91. The van der Waals surface area contributed by atoms with Crippen LogP contribution in [0.25, 0.3) is 0 Å². The monoisotopic (exact) mass is 416 g/mol. The van der Waals surface area contributed by atoms with Crippen LogP contribution in [0.5, 0.6) is 5.75 Å². The van der Waals surface area contributed by atoms with Crippen molar-refractivity contribution in [2.75, 3.05) is 11.3 Å². The summed E-state index contributed by atoms with van der Waals surface area (Å²) in [6.07, 6.45) is 3.49. The molecule has 3 aromatic rings. The number of nitrogens with one attached hydrogen (secondary N) is 1. The standard InChI is InChI=1S/C19H20N4O5S/c1-14-11-17(23(24)25)13-19(15(14)2)29(26,27)21-16-5-3-6-18(12-16)28-10-9-22-8-4-7-20-22/h3-8,11-13,21H,9-10H2,1-2H3. The molecule has 0 aliphatic carbocycles. The van der Waals surface area contributed by atoms with E-state index in [1.165, 1.54) is 6.07 Å². The van der Waals surface area contributed by atoms with Gasteiger partial charge in [-0.2, -0.15) is 5.10 Å². The van der Waals surface area contributed by atoms with Crippen molar-refractivity contribution in [1.82, 2.24) is 9.78 Å². The van der Waals surface area contributed by atoms with Crippen LogP contribution in [0, 0.1) is 24.0 Å². The number of aromatic nitrogens is 2. The zero-order chi connectivity index (χ0) is 21.0. The Bertz CT molecular complexity index is 1130. The molecule has 1 heterocycles. The van der Waals surface area contributed by atoms with Crippen LogP contribution in [0.2, 0.25) is 0 Å². The molecule has 2 aromatic carbocycles. The van der Waals surface area contributed by atoms with E-state index in [1.807, 2.05) is 12.3 Å². The number of rotatable bonds is 8. The van der Waals surface area contributed by atoms with Crippen molar-refractivity contribution >= 4 is 21.4 Å². The minimum atomic E-state index is -4.02. The molecule has 0 atom stereocenters. The Morgan fingerprint density at radius 2 is 2.00 bits per heavy atom. The number of non-ortho nitro benzene ring substituents is 1. The number of sulfonamides is 1. The van der Waals surface area contributed by atoms with Crippen molar-refractivity contribution in [2.45, 2.75) is 25.3 Å². The van der Waals surface area contributed by atoms with Gasteiger partial charge in [-0.25, -0.2) is 8.42 Å². The summed E-state index contributed by atoms with van der Waals surface area (Å²) < 4.78 is 35.5. The second-order valence-electron chi connectivity index (χ2n) is 6.39. The fraction of sp³-hybridized carbons (Fsp3) is 0.211. The van der Waals surface area contributed by atoms with E-state index in [0.29, 0.717) is 35.7 Å². The lowest BCUT2D eigenvalue weighted by molar-refractivity contribution is -0.385. The Morgan fingerprint density at radius 3 is 2.69 bits per heavy atom. The van der Waals surface area contributed by atoms with Crippen LogP contribution >= 0.6 is 0 Å². The molecule has 3 rings (SSSR count). The molecule has 152 valence electrons. The van der Waals surface area contributed by atoms with Gasteiger partial charge in [0.05, 0.1) is 22.1 Å². The Labute approximate surface area is 168 Å². The predicted octanol–water partition coefficient (Wildman–Crippen LogP) is 3.29.